The summed E-state index contributed by atoms with van der Waals surface area (Å²) in [7, 11) is 0. The van der Waals surface area contributed by atoms with Crippen molar-refractivity contribution in [2.24, 2.45) is 0 Å². The second-order valence-corrected chi connectivity index (χ2v) is 4.10. The fourth-order valence-corrected chi connectivity index (χ4v) is 1.96. The van der Waals surface area contributed by atoms with Crippen molar-refractivity contribution in [3.05, 3.63) is 54.1 Å². The summed E-state index contributed by atoms with van der Waals surface area (Å²) in [5.41, 5.74) is 3.84. The van der Waals surface area contributed by atoms with Gasteiger partial charge in [-0.2, -0.15) is 0 Å². The van der Waals surface area contributed by atoms with E-state index < -0.39 is 5.97 Å². The Balaban J connectivity index is 2.29. The number of para-hydroxylation sites is 3. The first-order valence-corrected chi connectivity index (χ1v) is 5.80. The van der Waals surface area contributed by atoms with Crippen molar-refractivity contribution in [1.82, 2.24) is 9.97 Å². The topological polar surface area (TPSA) is 63.1 Å². The fourth-order valence-electron chi connectivity index (χ4n) is 1.96. The summed E-state index contributed by atoms with van der Waals surface area (Å²) >= 11 is 0. The number of aliphatic carboxylic acids is 1. The molecule has 4 heteroatoms. The van der Waals surface area contributed by atoms with Crippen molar-refractivity contribution in [1.29, 1.82) is 0 Å². The molecule has 0 unspecified atom stereocenters. The molecule has 3 aromatic rings. The van der Waals surface area contributed by atoms with Gasteiger partial charge in [0.2, 0.25) is 0 Å². The highest BCUT2D eigenvalue weighted by Gasteiger charge is 2.04. The first-order valence-electron chi connectivity index (χ1n) is 5.80. The number of hydrogen-bond donors (Lipinski definition) is 1. The van der Waals surface area contributed by atoms with E-state index in [1.54, 1.807) is 0 Å². The Morgan fingerprint density at radius 1 is 0.947 bits per heavy atom. The highest BCUT2D eigenvalue weighted by Crippen LogP contribution is 2.20. The molecule has 1 aromatic heterocycles. The molecule has 3 rings (SSSR count). The number of hydrogen-bond acceptors (Lipinski definition) is 3. The summed E-state index contributed by atoms with van der Waals surface area (Å²) in [5, 5.41) is 8.70. The summed E-state index contributed by atoms with van der Waals surface area (Å²) in [6, 6.07) is 13.1. The molecule has 2 aromatic carbocycles. The van der Waals surface area contributed by atoms with Gasteiger partial charge in [0.25, 0.3) is 0 Å². The van der Waals surface area contributed by atoms with Crippen LogP contribution in [0.3, 0.4) is 0 Å². The van der Waals surface area contributed by atoms with Gasteiger partial charge in [-0.15, -0.1) is 0 Å². The molecule has 0 spiro atoms. The van der Waals surface area contributed by atoms with Crippen molar-refractivity contribution in [2.45, 2.75) is 0 Å². The Hall–Kier alpha value is -2.75. The van der Waals surface area contributed by atoms with E-state index in [0.29, 0.717) is 5.52 Å². The number of carboxylic acid groups (broad SMARTS) is 1. The van der Waals surface area contributed by atoms with Crippen LogP contribution in [0.4, 0.5) is 0 Å². The average Bonchev–Trinajstić information content (AvgIpc) is 2.42. The second-order valence-electron chi connectivity index (χ2n) is 4.10. The van der Waals surface area contributed by atoms with Crippen molar-refractivity contribution < 1.29 is 9.90 Å². The van der Waals surface area contributed by atoms with Crippen LogP contribution < -0.4 is 0 Å². The van der Waals surface area contributed by atoms with Crippen LogP contribution in [0.15, 0.2) is 48.5 Å². The Bertz CT molecular complexity index is 809. The number of benzene rings is 2. The largest absolute Gasteiger partial charge is 0.478 e. The molecular formula is C15H10N2O2. The van der Waals surface area contributed by atoms with Crippen molar-refractivity contribution in [2.75, 3.05) is 0 Å². The molecule has 19 heavy (non-hydrogen) atoms. The van der Waals surface area contributed by atoms with Crippen LogP contribution in [0, 0.1) is 0 Å². The van der Waals surface area contributed by atoms with Gasteiger partial charge in [0.1, 0.15) is 0 Å². The summed E-state index contributed by atoms with van der Waals surface area (Å²) in [6.45, 7) is 0. The molecule has 0 aliphatic rings. The Morgan fingerprint density at radius 3 is 2.37 bits per heavy atom. The van der Waals surface area contributed by atoms with E-state index in [1.165, 1.54) is 6.08 Å². The molecule has 0 fully saturated rings. The fraction of sp³-hybridized carbons (Fsp3) is 0. The third kappa shape index (κ3) is 2.15. The molecule has 92 valence electrons. The van der Waals surface area contributed by atoms with Crippen LogP contribution in [-0.2, 0) is 4.79 Å². The van der Waals surface area contributed by atoms with Crippen LogP contribution >= 0.6 is 0 Å². The van der Waals surface area contributed by atoms with Gasteiger partial charge >= 0.3 is 5.97 Å². The highest BCUT2D eigenvalue weighted by atomic mass is 16.4. The van der Waals surface area contributed by atoms with Crippen molar-refractivity contribution in [3.63, 3.8) is 0 Å². The molecule has 0 aliphatic carbocycles. The lowest BCUT2D eigenvalue weighted by Gasteiger charge is -2.03. The van der Waals surface area contributed by atoms with Crippen LogP contribution in [0.25, 0.3) is 28.1 Å². The molecule has 0 atom stereocenters. The summed E-state index contributed by atoms with van der Waals surface area (Å²) in [6.07, 6.45) is 2.64. The molecule has 4 nitrogen and oxygen atoms in total. The Labute approximate surface area is 109 Å². The zero-order chi connectivity index (χ0) is 13.2. The van der Waals surface area contributed by atoms with Gasteiger partial charge in [-0.3, -0.25) is 0 Å². The zero-order valence-corrected chi connectivity index (χ0v) is 9.95. The van der Waals surface area contributed by atoms with E-state index in [9.17, 15) is 4.79 Å². The standard InChI is InChI=1S/C15H10N2O2/c18-14(19)9-8-10-4-3-7-13-15(10)17-12-6-2-1-5-11(12)16-13/h1-9H,(H,18,19). The minimum atomic E-state index is -0.981. The predicted octanol–water partition coefficient (Wildman–Crippen LogP) is 2.88. The van der Waals surface area contributed by atoms with E-state index in [1.807, 2.05) is 42.5 Å². The normalized spacial score (nSPS) is 11.4. The third-order valence-corrected chi connectivity index (χ3v) is 2.81. The van der Waals surface area contributed by atoms with E-state index in [4.69, 9.17) is 5.11 Å². The Morgan fingerprint density at radius 2 is 1.63 bits per heavy atom. The van der Waals surface area contributed by atoms with Gasteiger partial charge in [0.15, 0.2) is 0 Å². The lowest BCUT2D eigenvalue weighted by molar-refractivity contribution is -0.131. The summed E-state index contributed by atoms with van der Waals surface area (Å²) in [4.78, 5) is 19.7. The van der Waals surface area contributed by atoms with Gasteiger partial charge in [0, 0.05) is 11.6 Å². The average molecular weight is 250 g/mol. The Kier molecular flexibility index (Phi) is 2.68. The molecule has 0 radical (unpaired) electrons. The molecular weight excluding hydrogens is 240 g/mol. The van der Waals surface area contributed by atoms with Crippen LogP contribution in [0.5, 0.6) is 0 Å². The minimum absolute atomic E-state index is 0.707. The monoisotopic (exact) mass is 250 g/mol. The van der Waals surface area contributed by atoms with Gasteiger partial charge in [-0.05, 0) is 24.3 Å². The molecule has 0 amide bonds. The first kappa shape index (κ1) is 11.3. The smallest absolute Gasteiger partial charge is 0.328 e. The minimum Gasteiger partial charge on any atom is -0.478 e. The number of fused-ring (bicyclic) bond motifs is 2. The van der Waals surface area contributed by atoms with E-state index in [2.05, 4.69) is 9.97 Å². The maximum absolute atomic E-state index is 10.6. The van der Waals surface area contributed by atoms with E-state index >= 15 is 0 Å². The predicted molar refractivity (Wildman–Crippen MR) is 73.7 cm³/mol. The molecule has 0 saturated carbocycles. The van der Waals surface area contributed by atoms with Gasteiger partial charge in [-0.25, -0.2) is 14.8 Å². The molecule has 1 N–H and O–H groups in total. The molecule has 0 saturated heterocycles. The maximum Gasteiger partial charge on any atom is 0.328 e. The SMILES string of the molecule is O=C(O)C=Cc1cccc2nc3ccccc3nc12. The summed E-state index contributed by atoms with van der Waals surface area (Å²) < 4.78 is 0. The molecule has 1 heterocycles. The first-order chi connectivity index (χ1) is 9.24. The van der Waals surface area contributed by atoms with Gasteiger partial charge in [0.05, 0.1) is 22.1 Å². The lowest BCUT2D eigenvalue weighted by Crippen LogP contribution is -1.90. The van der Waals surface area contributed by atoms with Crippen LogP contribution in [0.2, 0.25) is 0 Å². The maximum atomic E-state index is 10.6. The van der Waals surface area contributed by atoms with Gasteiger partial charge in [-0.1, -0.05) is 24.3 Å². The van der Waals surface area contributed by atoms with Crippen LogP contribution in [-0.4, -0.2) is 21.0 Å². The van der Waals surface area contributed by atoms with Crippen LogP contribution in [0.1, 0.15) is 5.56 Å². The molecule has 0 bridgehead atoms. The second kappa shape index (κ2) is 4.49. The third-order valence-electron chi connectivity index (χ3n) is 2.81. The van der Waals surface area contributed by atoms with Crippen molar-refractivity contribution >= 4 is 34.1 Å². The molecule has 0 aliphatic heterocycles. The number of rotatable bonds is 2. The van der Waals surface area contributed by atoms with E-state index in [-0.39, 0.29) is 0 Å². The lowest BCUT2D eigenvalue weighted by atomic mass is 10.1. The quantitative estimate of drug-likeness (QED) is 0.561. The number of nitrogens with zero attached hydrogens (tertiary/aromatic N) is 2. The highest BCUT2D eigenvalue weighted by molar-refractivity contribution is 5.94. The van der Waals surface area contributed by atoms with E-state index in [0.717, 1.165) is 28.2 Å². The number of aromatic nitrogens is 2. The zero-order valence-electron chi connectivity index (χ0n) is 9.95. The number of carbonyl (C=O) groups is 1. The number of carboxylic acids is 1. The van der Waals surface area contributed by atoms with Gasteiger partial charge < -0.3 is 5.11 Å². The van der Waals surface area contributed by atoms with Crippen molar-refractivity contribution in [3.8, 4) is 0 Å². The summed E-state index contributed by atoms with van der Waals surface area (Å²) in [5.74, 6) is -0.981.